The van der Waals surface area contributed by atoms with Gasteiger partial charge in [0.05, 0.1) is 12.6 Å². The van der Waals surface area contributed by atoms with Crippen LogP contribution in [0.4, 0.5) is 0 Å². The van der Waals surface area contributed by atoms with Crippen molar-refractivity contribution in [2.24, 2.45) is 0 Å². The summed E-state index contributed by atoms with van der Waals surface area (Å²) in [6.45, 7) is 4.63. The van der Waals surface area contributed by atoms with Gasteiger partial charge in [-0.05, 0) is 56.3 Å². The maximum Gasteiger partial charge on any atom is 0.124 e. The molecular weight excluding hydrogens is 350 g/mol. The third-order valence-electron chi connectivity index (χ3n) is 3.40. The van der Waals surface area contributed by atoms with Gasteiger partial charge in [0.15, 0.2) is 0 Å². The standard InChI is InChI=1S/C17H19BrClNO/c1-4-21-16-8-7-13(18)10-14(16)17(20-3)12-6-5-11(2)15(19)9-12/h5-10,17,20H,4H2,1-3H3. The molecule has 21 heavy (non-hydrogen) atoms. The van der Waals surface area contributed by atoms with Gasteiger partial charge >= 0.3 is 0 Å². The van der Waals surface area contributed by atoms with Crippen LogP contribution in [0.2, 0.25) is 5.02 Å². The minimum absolute atomic E-state index is 0.0298. The van der Waals surface area contributed by atoms with Gasteiger partial charge in [0.25, 0.3) is 0 Å². The number of halogens is 2. The van der Waals surface area contributed by atoms with Crippen LogP contribution in [0.25, 0.3) is 0 Å². The van der Waals surface area contributed by atoms with Crippen LogP contribution < -0.4 is 10.1 Å². The Morgan fingerprint density at radius 1 is 1.24 bits per heavy atom. The number of aryl methyl sites for hydroxylation is 1. The van der Waals surface area contributed by atoms with E-state index in [-0.39, 0.29) is 6.04 Å². The first-order chi connectivity index (χ1) is 10.1. The maximum absolute atomic E-state index is 6.27. The summed E-state index contributed by atoms with van der Waals surface area (Å²) >= 11 is 9.80. The van der Waals surface area contributed by atoms with Crippen LogP contribution in [0.5, 0.6) is 5.75 Å². The maximum atomic E-state index is 6.27. The fourth-order valence-electron chi connectivity index (χ4n) is 2.32. The number of ether oxygens (including phenoxy) is 1. The van der Waals surface area contributed by atoms with Crippen LogP contribution in [0.1, 0.15) is 29.7 Å². The Morgan fingerprint density at radius 3 is 2.62 bits per heavy atom. The van der Waals surface area contributed by atoms with Crippen molar-refractivity contribution in [2.75, 3.05) is 13.7 Å². The Bertz CT molecular complexity index is 630. The molecule has 2 aromatic carbocycles. The predicted molar refractivity (Wildman–Crippen MR) is 92.4 cm³/mol. The molecule has 0 aromatic heterocycles. The van der Waals surface area contributed by atoms with Crippen molar-refractivity contribution in [1.29, 1.82) is 0 Å². The monoisotopic (exact) mass is 367 g/mol. The van der Waals surface area contributed by atoms with Crippen molar-refractivity contribution < 1.29 is 4.74 Å². The zero-order valence-electron chi connectivity index (χ0n) is 12.4. The second-order valence-corrected chi connectivity index (χ2v) is 6.17. The third-order valence-corrected chi connectivity index (χ3v) is 4.30. The number of nitrogens with one attached hydrogen (secondary N) is 1. The van der Waals surface area contributed by atoms with Crippen molar-refractivity contribution in [1.82, 2.24) is 5.32 Å². The third kappa shape index (κ3) is 3.79. The zero-order valence-corrected chi connectivity index (χ0v) is 14.8. The van der Waals surface area contributed by atoms with Crippen LogP contribution in [0.3, 0.4) is 0 Å². The topological polar surface area (TPSA) is 21.3 Å². The van der Waals surface area contributed by atoms with Crippen LogP contribution in [-0.4, -0.2) is 13.7 Å². The lowest BCUT2D eigenvalue weighted by Gasteiger charge is -2.21. The molecule has 0 spiro atoms. The molecular formula is C17H19BrClNO. The lowest BCUT2D eigenvalue weighted by molar-refractivity contribution is 0.334. The van der Waals surface area contributed by atoms with Gasteiger partial charge in [0.1, 0.15) is 5.75 Å². The molecule has 1 N–H and O–H groups in total. The van der Waals surface area contributed by atoms with E-state index in [9.17, 15) is 0 Å². The van der Waals surface area contributed by atoms with E-state index in [2.05, 4.69) is 33.4 Å². The molecule has 0 saturated heterocycles. The zero-order chi connectivity index (χ0) is 15.4. The molecule has 2 aromatic rings. The van der Waals surface area contributed by atoms with Gasteiger partial charge in [0.2, 0.25) is 0 Å². The average molecular weight is 369 g/mol. The first-order valence-corrected chi connectivity index (χ1v) is 8.09. The van der Waals surface area contributed by atoms with Crippen LogP contribution in [0, 0.1) is 6.92 Å². The van der Waals surface area contributed by atoms with Gasteiger partial charge in [-0.25, -0.2) is 0 Å². The summed E-state index contributed by atoms with van der Waals surface area (Å²) in [5.41, 5.74) is 3.29. The normalized spacial score (nSPS) is 12.2. The Labute approximate surface area is 139 Å². The summed E-state index contributed by atoms with van der Waals surface area (Å²) in [4.78, 5) is 0. The van der Waals surface area contributed by atoms with Crippen molar-refractivity contribution in [3.05, 3.63) is 62.6 Å². The number of hydrogen-bond acceptors (Lipinski definition) is 2. The van der Waals surface area contributed by atoms with E-state index in [4.69, 9.17) is 16.3 Å². The van der Waals surface area contributed by atoms with E-state index in [0.717, 1.165) is 31.9 Å². The molecule has 2 rings (SSSR count). The summed E-state index contributed by atoms with van der Waals surface area (Å²) in [6.07, 6.45) is 0. The van der Waals surface area contributed by atoms with Gasteiger partial charge in [-0.2, -0.15) is 0 Å². The van der Waals surface area contributed by atoms with Crippen molar-refractivity contribution in [3.8, 4) is 5.75 Å². The van der Waals surface area contributed by atoms with Crippen molar-refractivity contribution in [2.45, 2.75) is 19.9 Å². The Kier molecular flexibility index (Phi) is 5.68. The molecule has 4 heteroatoms. The Hall–Kier alpha value is -1.03. The predicted octanol–water partition coefficient (Wildman–Crippen LogP) is 5.12. The number of rotatable bonds is 5. The fourth-order valence-corrected chi connectivity index (χ4v) is 2.89. The first-order valence-electron chi connectivity index (χ1n) is 6.92. The Morgan fingerprint density at radius 2 is 2.00 bits per heavy atom. The number of hydrogen-bond donors (Lipinski definition) is 1. The summed E-state index contributed by atoms with van der Waals surface area (Å²) in [7, 11) is 1.94. The van der Waals surface area contributed by atoms with Crippen molar-refractivity contribution in [3.63, 3.8) is 0 Å². The highest BCUT2D eigenvalue weighted by Crippen LogP contribution is 2.33. The van der Waals surface area contributed by atoms with Gasteiger partial charge < -0.3 is 10.1 Å². The highest BCUT2D eigenvalue weighted by Gasteiger charge is 2.18. The summed E-state index contributed by atoms with van der Waals surface area (Å²) < 4.78 is 6.78. The lowest BCUT2D eigenvalue weighted by atomic mass is 9.97. The molecule has 0 amide bonds. The molecule has 0 heterocycles. The van der Waals surface area contributed by atoms with E-state index >= 15 is 0 Å². The second kappa shape index (κ2) is 7.30. The summed E-state index contributed by atoms with van der Waals surface area (Å²) in [6, 6.07) is 12.2. The summed E-state index contributed by atoms with van der Waals surface area (Å²) in [5, 5.41) is 4.13. The molecule has 1 unspecified atom stereocenters. The fraction of sp³-hybridized carbons (Fsp3) is 0.294. The molecule has 0 aliphatic heterocycles. The highest BCUT2D eigenvalue weighted by atomic mass is 79.9. The SMILES string of the molecule is CCOc1ccc(Br)cc1C(NC)c1ccc(C)c(Cl)c1. The Balaban J connectivity index is 2.49. The minimum atomic E-state index is 0.0298. The largest absolute Gasteiger partial charge is 0.494 e. The molecule has 0 bridgehead atoms. The average Bonchev–Trinajstić information content (AvgIpc) is 2.46. The second-order valence-electron chi connectivity index (χ2n) is 4.85. The smallest absolute Gasteiger partial charge is 0.124 e. The molecule has 0 fully saturated rings. The van der Waals surface area contributed by atoms with E-state index in [1.54, 1.807) is 0 Å². The van der Waals surface area contributed by atoms with Gasteiger partial charge in [-0.1, -0.05) is 39.7 Å². The summed E-state index contributed by atoms with van der Waals surface area (Å²) in [5.74, 6) is 0.886. The van der Waals surface area contributed by atoms with Crippen LogP contribution >= 0.6 is 27.5 Å². The number of benzene rings is 2. The van der Waals surface area contributed by atoms with Crippen molar-refractivity contribution >= 4 is 27.5 Å². The molecule has 0 aliphatic carbocycles. The van der Waals surface area contributed by atoms with Crippen LogP contribution in [-0.2, 0) is 0 Å². The van der Waals surface area contributed by atoms with Crippen LogP contribution in [0.15, 0.2) is 40.9 Å². The molecule has 0 radical (unpaired) electrons. The highest BCUT2D eigenvalue weighted by molar-refractivity contribution is 9.10. The first kappa shape index (κ1) is 16.3. The molecule has 2 nitrogen and oxygen atoms in total. The lowest BCUT2D eigenvalue weighted by Crippen LogP contribution is -2.19. The molecule has 0 aliphatic rings. The molecule has 112 valence electrons. The van der Waals surface area contributed by atoms with E-state index in [1.807, 2.05) is 45.2 Å². The van der Waals surface area contributed by atoms with E-state index in [1.165, 1.54) is 0 Å². The molecule has 0 saturated carbocycles. The van der Waals surface area contributed by atoms with Gasteiger partial charge in [-0.3, -0.25) is 0 Å². The quantitative estimate of drug-likeness (QED) is 0.791. The van der Waals surface area contributed by atoms with E-state index in [0.29, 0.717) is 6.61 Å². The van der Waals surface area contributed by atoms with E-state index < -0.39 is 0 Å². The van der Waals surface area contributed by atoms with Gasteiger partial charge in [-0.15, -0.1) is 0 Å². The van der Waals surface area contributed by atoms with Gasteiger partial charge in [0, 0.05) is 15.1 Å². The minimum Gasteiger partial charge on any atom is -0.494 e. The molecule has 1 atom stereocenters.